The van der Waals surface area contributed by atoms with Gasteiger partial charge >= 0.3 is 5.97 Å². The molecule has 35 heavy (non-hydrogen) atoms. The minimum atomic E-state index is -3.33. The summed E-state index contributed by atoms with van der Waals surface area (Å²) < 4.78 is 45.2. The summed E-state index contributed by atoms with van der Waals surface area (Å²) in [7, 11) is -2.02. The molecule has 2 aromatic rings. The molecular weight excluding hydrogens is 515 g/mol. The number of nitrogens with one attached hydrogen (secondary N) is 2. The van der Waals surface area contributed by atoms with E-state index in [4.69, 9.17) is 21.3 Å². The second-order valence-corrected chi connectivity index (χ2v) is 11.7. The maximum Gasteiger partial charge on any atom is 0.338 e. The van der Waals surface area contributed by atoms with Crippen molar-refractivity contribution in [2.75, 3.05) is 13.4 Å². The molecule has 0 amide bonds. The molecule has 1 saturated carbocycles. The van der Waals surface area contributed by atoms with Crippen LogP contribution in [0.25, 0.3) is 0 Å². The number of thiazole rings is 1. The molecule has 4 rings (SSSR count). The fraction of sp³-hybridized carbons (Fsp3) is 0.435. The van der Waals surface area contributed by atoms with Gasteiger partial charge in [-0.05, 0) is 43.7 Å². The molecule has 0 radical (unpaired) electrons. The van der Waals surface area contributed by atoms with Crippen LogP contribution in [-0.2, 0) is 19.6 Å². The standard InChI is InChI=1S/C23H26ClFN4O4S2/c1-33-23(30)18-19(13-4-3-5-15(8-6-13)29-35(2,31)32)27-21(22-26-10-11-34-22)28-20(18)16-9-7-14(25)12-17(16)24/h7,9-13,15,20,29H,3-6,8H2,1-2H3,(H,27,28). The fourth-order valence-electron chi connectivity index (χ4n) is 4.63. The number of carbonyl (C=O) groups is 1. The number of carbonyl (C=O) groups excluding carboxylic acids is 1. The van der Waals surface area contributed by atoms with E-state index in [9.17, 15) is 17.6 Å². The van der Waals surface area contributed by atoms with Gasteiger partial charge in [-0.1, -0.05) is 24.1 Å². The highest BCUT2D eigenvalue weighted by atomic mass is 35.5. The monoisotopic (exact) mass is 540 g/mol. The first-order chi connectivity index (χ1) is 16.7. The van der Waals surface area contributed by atoms with Gasteiger partial charge in [0, 0.05) is 33.9 Å². The molecule has 188 valence electrons. The molecule has 8 nitrogen and oxygen atoms in total. The first kappa shape index (κ1) is 25.7. The highest BCUT2D eigenvalue weighted by Crippen LogP contribution is 2.40. The summed E-state index contributed by atoms with van der Waals surface area (Å²) >= 11 is 7.80. The molecule has 2 N–H and O–H groups in total. The molecule has 2 aliphatic rings. The Labute approximate surface area is 212 Å². The van der Waals surface area contributed by atoms with Gasteiger partial charge in [0.25, 0.3) is 0 Å². The van der Waals surface area contributed by atoms with E-state index >= 15 is 0 Å². The molecule has 3 unspecified atom stereocenters. The number of hydrogen-bond donors (Lipinski definition) is 2. The molecule has 1 aliphatic carbocycles. The van der Waals surface area contributed by atoms with Crippen molar-refractivity contribution < 1.29 is 22.3 Å². The number of hydrogen-bond acceptors (Lipinski definition) is 8. The number of aromatic nitrogens is 1. The molecule has 1 aliphatic heterocycles. The Morgan fingerprint density at radius 1 is 1.29 bits per heavy atom. The van der Waals surface area contributed by atoms with Crippen molar-refractivity contribution in [1.29, 1.82) is 0 Å². The molecule has 1 aromatic heterocycles. The van der Waals surface area contributed by atoms with Crippen LogP contribution < -0.4 is 10.0 Å². The van der Waals surface area contributed by atoms with Gasteiger partial charge in [-0.2, -0.15) is 0 Å². The number of amidine groups is 1. The van der Waals surface area contributed by atoms with Crippen LogP contribution in [0.15, 0.2) is 46.0 Å². The normalized spacial score (nSPS) is 23.3. The highest BCUT2D eigenvalue weighted by Gasteiger charge is 2.37. The molecule has 12 heteroatoms. The lowest BCUT2D eigenvalue weighted by molar-refractivity contribution is -0.136. The number of allylic oxidation sites excluding steroid dienone is 1. The van der Waals surface area contributed by atoms with Gasteiger partial charge in [-0.3, -0.25) is 4.99 Å². The van der Waals surface area contributed by atoms with Crippen molar-refractivity contribution in [1.82, 2.24) is 15.0 Å². The molecule has 1 fully saturated rings. The van der Waals surface area contributed by atoms with Gasteiger partial charge in [-0.25, -0.2) is 27.3 Å². The summed E-state index contributed by atoms with van der Waals surface area (Å²) in [5, 5.41) is 5.95. The minimum absolute atomic E-state index is 0.0809. The van der Waals surface area contributed by atoms with Gasteiger partial charge < -0.3 is 10.1 Å². The predicted octanol–water partition coefficient (Wildman–Crippen LogP) is 3.95. The van der Waals surface area contributed by atoms with Crippen LogP contribution >= 0.6 is 22.9 Å². The van der Waals surface area contributed by atoms with Gasteiger partial charge in [0.1, 0.15) is 11.9 Å². The first-order valence-corrected chi connectivity index (χ1v) is 14.3. The van der Waals surface area contributed by atoms with Crippen LogP contribution in [0.4, 0.5) is 4.39 Å². The number of esters is 1. The molecule has 1 aromatic carbocycles. The van der Waals surface area contributed by atoms with Crippen molar-refractivity contribution in [3.8, 4) is 0 Å². The van der Waals surface area contributed by atoms with E-state index in [1.54, 1.807) is 6.20 Å². The minimum Gasteiger partial charge on any atom is -0.466 e. The molecular formula is C23H26ClFN4O4S2. The number of halogens is 2. The molecule has 3 atom stereocenters. The largest absolute Gasteiger partial charge is 0.466 e. The number of rotatable bonds is 6. The highest BCUT2D eigenvalue weighted by molar-refractivity contribution is 7.88. The van der Waals surface area contributed by atoms with Crippen LogP contribution in [0.3, 0.4) is 0 Å². The van der Waals surface area contributed by atoms with Crippen LogP contribution in [-0.4, -0.2) is 44.6 Å². The number of aliphatic imine (C=N–C) groups is 1. The second kappa shape index (κ2) is 10.7. The molecule has 2 heterocycles. The zero-order valence-electron chi connectivity index (χ0n) is 19.3. The summed E-state index contributed by atoms with van der Waals surface area (Å²) in [5.74, 6) is -0.644. The van der Waals surface area contributed by atoms with E-state index in [-0.39, 0.29) is 17.0 Å². The number of methoxy groups -OCH3 is 1. The fourth-order valence-corrected chi connectivity index (χ4v) is 6.33. The maximum atomic E-state index is 13.8. The smallest absolute Gasteiger partial charge is 0.338 e. The van der Waals surface area contributed by atoms with Crippen molar-refractivity contribution in [2.45, 2.75) is 44.2 Å². The van der Waals surface area contributed by atoms with E-state index in [1.807, 2.05) is 5.38 Å². The SMILES string of the molecule is COC(=O)C1=C(C2CCCC(NS(C)(=O)=O)CC2)NC(c2nccs2)=NC1c1ccc(F)cc1Cl. The lowest BCUT2D eigenvalue weighted by Gasteiger charge is -2.31. The van der Waals surface area contributed by atoms with Gasteiger partial charge in [-0.15, -0.1) is 11.3 Å². The zero-order chi connectivity index (χ0) is 25.2. The Morgan fingerprint density at radius 2 is 2.09 bits per heavy atom. The number of nitrogens with zero attached hydrogens (tertiary/aromatic N) is 2. The number of ether oxygens (including phenoxy) is 1. The van der Waals surface area contributed by atoms with E-state index in [2.05, 4.69) is 15.0 Å². The Kier molecular flexibility index (Phi) is 7.89. The molecule has 0 saturated heterocycles. The summed E-state index contributed by atoms with van der Waals surface area (Å²) in [4.78, 5) is 22.2. The Bertz CT molecular complexity index is 1260. The number of benzene rings is 1. The Hall–Kier alpha value is -2.34. The average Bonchev–Trinajstić information content (AvgIpc) is 3.24. The topological polar surface area (TPSA) is 110 Å². The van der Waals surface area contributed by atoms with E-state index in [0.717, 1.165) is 19.1 Å². The van der Waals surface area contributed by atoms with Crippen LogP contribution in [0.2, 0.25) is 5.02 Å². The Balaban J connectivity index is 1.78. The third kappa shape index (κ3) is 6.08. The van der Waals surface area contributed by atoms with Crippen LogP contribution in [0, 0.1) is 11.7 Å². The lowest BCUT2D eigenvalue weighted by atomic mass is 9.87. The zero-order valence-corrected chi connectivity index (χ0v) is 21.6. The van der Waals surface area contributed by atoms with Gasteiger partial charge in [0.05, 0.1) is 18.9 Å². The van der Waals surface area contributed by atoms with Gasteiger partial charge in [0.15, 0.2) is 10.8 Å². The lowest BCUT2D eigenvalue weighted by Crippen LogP contribution is -2.37. The summed E-state index contributed by atoms with van der Waals surface area (Å²) in [5.41, 5.74) is 1.44. The maximum absolute atomic E-state index is 13.8. The van der Waals surface area contributed by atoms with Crippen LogP contribution in [0.5, 0.6) is 0 Å². The van der Waals surface area contributed by atoms with E-state index in [0.29, 0.717) is 46.9 Å². The summed E-state index contributed by atoms with van der Waals surface area (Å²) in [6.45, 7) is 0. The molecule has 0 spiro atoms. The van der Waals surface area contributed by atoms with E-state index < -0.39 is 27.9 Å². The van der Waals surface area contributed by atoms with Crippen LogP contribution in [0.1, 0.15) is 48.7 Å². The van der Waals surface area contributed by atoms with E-state index in [1.165, 1.54) is 36.6 Å². The van der Waals surface area contributed by atoms with Crippen molar-refractivity contribution >= 4 is 44.8 Å². The van der Waals surface area contributed by atoms with Crippen molar-refractivity contribution in [3.63, 3.8) is 0 Å². The molecule has 0 bridgehead atoms. The second-order valence-electron chi connectivity index (χ2n) is 8.62. The Morgan fingerprint density at radius 3 is 2.74 bits per heavy atom. The van der Waals surface area contributed by atoms with Crippen molar-refractivity contribution in [3.05, 3.63) is 62.5 Å². The number of sulfonamides is 1. The van der Waals surface area contributed by atoms with Gasteiger partial charge in [0.2, 0.25) is 10.0 Å². The van der Waals surface area contributed by atoms with Crippen molar-refractivity contribution in [2.24, 2.45) is 10.9 Å². The summed E-state index contributed by atoms with van der Waals surface area (Å²) in [6, 6.07) is 3.01. The third-order valence-corrected chi connectivity index (χ3v) is 8.00. The first-order valence-electron chi connectivity index (χ1n) is 11.2. The third-order valence-electron chi connectivity index (χ3n) is 6.13. The quantitative estimate of drug-likeness (QED) is 0.424. The predicted molar refractivity (Wildman–Crippen MR) is 133 cm³/mol. The summed E-state index contributed by atoms with van der Waals surface area (Å²) in [6.07, 6.45) is 6.28. The average molecular weight is 541 g/mol.